The molecule has 2 nitrogen and oxygen atoms in total. The van der Waals surface area contributed by atoms with Crippen LogP contribution in [0.2, 0.25) is 0 Å². The van der Waals surface area contributed by atoms with Crippen molar-refractivity contribution >= 4 is 0 Å². The summed E-state index contributed by atoms with van der Waals surface area (Å²) in [4.78, 5) is 4.32. The van der Waals surface area contributed by atoms with Crippen molar-refractivity contribution in [3.8, 4) is 0 Å². The normalized spacial score (nSPS) is 17.9. The van der Waals surface area contributed by atoms with Crippen molar-refractivity contribution in [1.82, 2.24) is 10.3 Å². The molecule has 0 radical (unpaired) electrons. The van der Waals surface area contributed by atoms with Gasteiger partial charge in [0.25, 0.3) is 0 Å². The molecule has 0 amide bonds. The highest BCUT2D eigenvalue weighted by molar-refractivity contribution is 5.03. The first-order chi connectivity index (χ1) is 7.45. The maximum atomic E-state index is 4.32. The molecule has 0 bridgehead atoms. The monoisotopic (exact) mass is 204 g/mol. The molecule has 0 aromatic carbocycles. The molecule has 1 saturated carbocycles. The second kappa shape index (κ2) is 5.86. The molecule has 0 unspecified atom stereocenters. The van der Waals surface area contributed by atoms with Gasteiger partial charge in [0.1, 0.15) is 0 Å². The molecule has 2 rings (SSSR count). The van der Waals surface area contributed by atoms with E-state index in [1.54, 1.807) is 0 Å². The lowest BCUT2D eigenvalue weighted by Crippen LogP contribution is -2.32. The lowest BCUT2D eigenvalue weighted by Gasteiger charge is -2.22. The van der Waals surface area contributed by atoms with E-state index in [0.717, 1.165) is 19.0 Å². The maximum absolute atomic E-state index is 4.32. The van der Waals surface area contributed by atoms with Crippen LogP contribution in [0.15, 0.2) is 24.4 Å². The van der Waals surface area contributed by atoms with Crippen LogP contribution in [0.5, 0.6) is 0 Å². The first kappa shape index (κ1) is 10.6. The van der Waals surface area contributed by atoms with Crippen molar-refractivity contribution in [2.75, 3.05) is 6.54 Å². The van der Waals surface area contributed by atoms with Crippen molar-refractivity contribution in [2.24, 2.45) is 0 Å². The zero-order chi connectivity index (χ0) is 10.3. The molecule has 0 aliphatic heterocycles. The summed E-state index contributed by atoms with van der Waals surface area (Å²) in [5.41, 5.74) is 1.20. The average molecular weight is 204 g/mol. The zero-order valence-electron chi connectivity index (χ0n) is 9.28. The summed E-state index contributed by atoms with van der Waals surface area (Å²) in [5.74, 6) is 0. The second-order valence-electron chi connectivity index (χ2n) is 4.36. The molecule has 0 spiro atoms. The summed E-state index contributed by atoms with van der Waals surface area (Å²) < 4.78 is 0. The number of nitrogens with zero attached hydrogens (tertiary/aromatic N) is 1. The van der Waals surface area contributed by atoms with E-state index in [1.165, 1.54) is 37.8 Å². The van der Waals surface area contributed by atoms with Gasteiger partial charge in [-0.3, -0.25) is 4.98 Å². The Labute approximate surface area is 92.1 Å². The summed E-state index contributed by atoms with van der Waals surface area (Å²) in [7, 11) is 0. The van der Waals surface area contributed by atoms with Crippen LogP contribution in [0, 0.1) is 0 Å². The first-order valence-electron chi connectivity index (χ1n) is 6.08. The van der Waals surface area contributed by atoms with Crippen LogP contribution in [-0.4, -0.2) is 17.6 Å². The second-order valence-corrected chi connectivity index (χ2v) is 4.36. The fraction of sp³-hybridized carbons (Fsp3) is 0.615. The van der Waals surface area contributed by atoms with Crippen molar-refractivity contribution in [2.45, 2.75) is 44.6 Å². The van der Waals surface area contributed by atoms with Crippen LogP contribution in [-0.2, 0) is 6.42 Å². The molecule has 1 N–H and O–H groups in total. The van der Waals surface area contributed by atoms with Gasteiger partial charge in [0, 0.05) is 30.9 Å². The molecule has 82 valence electrons. The van der Waals surface area contributed by atoms with E-state index in [9.17, 15) is 0 Å². The van der Waals surface area contributed by atoms with Gasteiger partial charge in [-0.25, -0.2) is 0 Å². The minimum atomic E-state index is 0.766. The Hall–Kier alpha value is -0.890. The van der Waals surface area contributed by atoms with Crippen LogP contribution in [0.25, 0.3) is 0 Å². The number of nitrogens with one attached hydrogen (secondary N) is 1. The molecular formula is C13H20N2. The Morgan fingerprint density at radius 1 is 1.20 bits per heavy atom. The fourth-order valence-electron chi connectivity index (χ4n) is 2.26. The van der Waals surface area contributed by atoms with Crippen molar-refractivity contribution in [1.29, 1.82) is 0 Å². The molecule has 15 heavy (non-hydrogen) atoms. The van der Waals surface area contributed by atoms with E-state index < -0.39 is 0 Å². The highest BCUT2D eigenvalue weighted by Crippen LogP contribution is 2.17. The molecule has 1 aromatic heterocycles. The summed E-state index contributed by atoms with van der Waals surface area (Å²) in [6.07, 6.45) is 9.89. The highest BCUT2D eigenvalue weighted by atomic mass is 14.9. The average Bonchev–Trinajstić information content (AvgIpc) is 2.32. The van der Waals surface area contributed by atoms with Crippen LogP contribution < -0.4 is 5.32 Å². The molecule has 1 aliphatic carbocycles. The zero-order valence-corrected chi connectivity index (χ0v) is 9.28. The van der Waals surface area contributed by atoms with Gasteiger partial charge in [-0.15, -0.1) is 0 Å². The predicted octanol–water partition coefficient (Wildman–Crippen LogP) is 2.55. The van der Waals surface area contributed by atoms with Gasteiger partial charge in [0.15, 0.2) is 0 Å². The summed E-state index contributed by atoms with van der Waals surface area (Å²) >= 11 is 0. The SMILES string of the molecule is c1ccc(CCNC2CCCCC2)nc1. The van der Waals surface area contributed by atoms with Gasteiger partial charge >= 0.3 is 0 Å². The Morgan fingerprint density at radius 2 is 2.07 bits per heavy atom. The van der Waals surface area contributed by atoms with Gasteiger partial charge in [0.05, 0.1) is 0 Å². The summed E-state index contributed by atoms with van der Waals surface area (Å²) in [5, 5.41) is 3.63. The van der Waals surface area contributed by atoms with E-state index in [1.807, 2.05) is 12.3 Å². The summed E-state index contributed by atoms with van der Waals surface area (Å²) in [6, 6.07) is 6.89. The standard InChI is InChI=1S/C13H20N2/c1-2-6-12(7-3-1)15-11-9-13-8-4-5-10-14-13/h4-5,8,10,12,15H,1-3,6-7,9,11H2. The van der Waals surface area contributed by atoms with E-state index in [4.69, 9.17) is 0 Å². The Kier molecular flexibility index (Phi) is 4.15. The van der Waals surface area contributed by atoms with Gasteiger partial charge in [-0.1, -0.05) is 25.3 Å². The Morgan fingerprint density at radius 3 is 2.80 bits per heavy atom. The predicted molar refractivity (Wildman–Crippen MR) is 62.8 cm³/mol. The molecule has 1 aliphatic rings. The van der Waals surface area contributed by atoms with E-state index in [-0.39, 0.29) is 0 Å². The number of pyridine rings is 1. The Bertz CT molecular complexity index is 265. The van der Waals surface area contributed by atoms with Gasteiger partial charge in [-0.2, -0.15) is 0 Å². The maximum Gasteiger partial charge on any atom is 0.0416 e. The number of rotatable bonds is 4. The fourth-order valence-corrected chi connectivity index (χ4v) is 2.26. The van der Waals surface area contributed by atoms with Crippen molar-refractivity contribution in [3.05, 3.63) is 30.1 Å². The third kappa shape index (κ3) is 3.63. The number of hydrogen-bond acceptors (Lipinski definition) is 2. The lowest BCUT2D eigenvalue weighted by atomic mass is 9.95. The van der Waals surface area contributed by atoms with E-state index in [2.05, 4.69) is 22.4 Å². The Balaban J connectivity index is 1.66. The first-order valence-corrected chi connectivity index (χ1v) is 6.08. The van der Waals surface area contributed by atoms with Crippen molar-refractivity contribution < 1.29 is 0 Å². The topological polar surface area (TPSA) is 24.9 Å². The highest BCUT2D eigenvalue weighted by Gasteiger charge is 2.11. The molecule has 1 aromatic rings. The lowest BCUT2D eigenvalue weighted by molar-refractivity contribution is 0.375. The minimum Gasteiger partial charge on any atom is -0.314 e. The van der Waals surface area contributed by atoms with Gasteiger partial charge in [0.2, 0.25) is 0 Å². The number of aromatic nitrogens is 1. The molecule has 0 atom stereocenters. The molecule has 2 heteroatoms. The minimum absolute atomic E-state index is 0.766. The molecular weight excluding hydrogens is 184 g/mol. The summed E-state index contributed by atoms with van der Waals surface area (Å²) in [6.45, 7) is 1.07. The smallest absolute Gasteiger partial charge is 0.0416 e. The van der Waals surface area contributed by atoms with E-state index >= 15 is 0 Å². The van der Waals surface area contributed by atoms with Gasteiger partial charge < -0.3 is 5.32 Å². The van der Waals surface area contributed by atoms with Gasteiger partial charge in [-0.05, 0) is 25.0 Å². The number of hydrogen-bond donors (Lipinski definition) is 1. The molecule has 1 heterocycles. The third-order valence-electron chi connectivity index (χ3n) is 3.15. The largest absolute Gasteiger partial charge is 0.314 e. The quantitative estimate of drug-likeness (QED) is 0.815. The van der Waals surface area contributed by atoms with Crippen LogP contribution in [0.3, 0.4) is 0 Å². The van der Waals surface area contributed by atoms with Crippen LogP contribution >= 0.6 is 0 Å². The molecule has 1 fully saturated rings. The third-order valence-corrected chi connectivity index (χ3v) is 3.15. The van der Waals surface area contributed by atoms with Crippen LogP contribution in [0.4, 0.5) is 0 Å². The van der Waals surface area contributed by atoms with Crippen molar-refractivity contribution in [3.63, 3.8) is 0 Å². The van der Waals surface area contributed by atoms with Crippen LogP contribution in [0.1, 0.15) is 37.8 Å². The van der Waals surface area contributed by atoms with E-state index in [0.29, 0.717) is 0 Å². The molecule has 0 saturated heterocycles.